The highest BCUT2D eigenvalue weighted by Crippen LogP contribution is 2.10. The fourth-order valence-electron chi connectivity index (χ4n) is 0.885. The maximum Gasteiger partial charge on any atom is 0.137 e. The molecule has 2 nitrogen and oxygen atoms in total. The van der Waals surface area contributed by atoms with E-state index in [-0.39, 0.29) is 12.4 Å². The van der Waals surface area contributed by atoms with Crippen LogP contribution in [0.25, 0.3) is 5.65 Å². The van der Waals surface area contributed by atoms with E-state index < -0.39 is 0 Å². The standard InChI is InChI=1S/C7H5BrN2.ClH/c8-6-1-3-10-4-2-9-7(10)5-6;/h1-5H;1H. The largest absolute Gasteiger partial charge is 0.307 e. The second-order valence-electron chi connectivity index (χ2n) is 2.04. The maximum atomic E-state index is 4.11. The first-order chi connectivity index (χ1) is 4.86. The molecule has 0 unspecified atom stereocenters. The number of halogens is 2. The Morgan fingerprint density at radius 3 is 3.00 bits per heavy atom. The fraction of sp³-hybridized carbons (Fsp3) is 0. The summed E-state index contributed by atoms with van der Waals surface area (Å²) >= 11 is 3.36. The third-order valence-electron chi connectivity index (χ3n) is 1.36. The number of fused-ring (bicyclic) bond motifs is 1. The Hall–Kier alpha value is -0.540. The minimum Gasteiger partial charge on any atom is -0.307 e. The molecular weight excluding hydrogens is 227 g/mol. The van der Waals surface area contributed by atoms with Crippen molar-refractivity contribution in [3.63, 3.8) is 0 Å². The molecule has 0 aliphatic rings. The van der Waals surface area contributed by atoms with Crippen LogP contribution in [0, 0.1) is 0 Å². The molecule has 0 saturated heterocycles. The van der Waals surface area contributed by atoms with Crippen molar-refractivity contribution in [3.8, 4) is 0 Å². The van der Waals surface area contributed by atoms with Crippen LogP contribution in [0.3, 0.4) is 0 Å². The number of hydrogen-bond acceptors (Lipinski definition) is 1. The van der Waals surface area contributed by atoms with E-state index in [1.54, 1.807) is 6.20 Å². The van der Waals surface area contributed by atoms with Gasteiger partial charge in [-0.2, -0.15) is 0 Å². The lowest BCUT2D eigenvalue weighted by molar-refractivity contribution is 1.18. The molecule has 0 N–H and O–H groups in total. The molecule has 2 heterocycles. The van der Waals surface area contributed by atoms with Gasteiger partial charge in [0.1, 0.15) is 5.65 Å². The van der Waals surface area contributed by atoms with Gasteiger partial charge in [0.2, 0.25) is 0 Å². The Balaban J connectivity index is 0.000000605. The smallest absolute Gasteiger partial charge is 0.137 e. The van der Waals surface area contributed by atoms with Crippen LogP contribution in [-0.2, 0) is 0 Å². The zero-order valence-corrected chi connectivity index (χ0v) is 7.97. The minimum atomic E-state index is 0. The molecule has 11 heavy (non-hydrogen) atoms. The normalized spacial score (nSPS) is 9.55. The Bertz CT molecular complexity index is 358. The zero-order chi connectivity index (χ0) is 6.97. The van der Waals surface area contributed by atoms with Crippen molar-refractivity contribution in [3.05, 3.63) is 35.2 Å². The van der Waals surface area contributed by atoms with Crippen molar-refractivity contribution in [2.75, 3.05) is 0 Å². The van der Waals surface area contributed by atoms with Crippen LogP contribution in [0.1, 0.15) is 0 Å². The van der Waals surface area contributed by atoms with E-state index in [2.05, 4.69) is 20.9 Å². The third-order valence-corrected chi connectivity index (χ3v) is 1.85. The first-order valence-electron chi connectivity index (χ1n) is 2.94. The van der Waals surface area contributed by atoms with Gasteiger partial charge in [0.15, 0.2) is 0 Å². The van der Waals surface area contributed by atoms with E-state index in [1.165, 1.54) is 0 Å². The first-order valence-corrected chi connectivity index (χ1v) is 3.74. The highest BCUT2D eigenvalue weighted by molar-refractivity contribution is 9.10. The summed E-state index contributed by atoms with van der Waals surface area (Å²) in [7, 11) is 0. The van der Waals surface area contributed by atoms with Crippen LogP contribution in [0.4, 0.5) is 0 Å². The lowest BCUT2D eigenvalue weighted by Crippen LogP contribution is -1.79. The monoisotopic (exact) mass is 232 g/mol. The highest BCUT2D eigenvalue weighted by atomic mass is 79.9. The predicted octanol–water partition coefficient (Wildman–Crippen LogP) is 2.52. The van der Waals surface area contributed by atoms with Crippen molar-refractivity contribution in [2.24, 2.45) is 0 Å². The summed E-state index contributed by atoms with van der Waals surface area (Å²) in [5.41, 5.74) is 0.967. The first kappa shape index (κ1) is 8.56. The molecule has 0 radical (unpaired) electrons. The second-order valence-corrected chi connectivity index (χ2v) is 2.95. The SMILES string of the molecule is Brc1ccn2ccnc2c1.Cl. The summed E-state index contributed by atoms with van der Waals surface area (Å²) in [4.78, 5) is 4.11. The summed E-state index contributed by atoms with van der Waals surface area (Å²) in [6.45, 7) is 0. The molecule has 0 aromatic carbocycles. The highest BCUT2D eigenvalue weighted by Gasteiger charge is 1.91. The molecule has 58 valence electrons. The van der Waals surface area contributed by atoms with Crippen LogP contribution < -0.4 is 0 Å². The summed E-state index contributed by atoms with van der Waals surface area (Å²) in [6, 6.07) is 3.95. The van der Waals surface area contributed by atoms with Gasteiger partial charge in [-0.05, 0) is 12.1 Å². The van der Waals surface area contributed by atoms with Crippen LogP contribution in [0.2, 0.25) is 0 Å². The lowest BCUT2D eigenvalue weighted by atomic mass is 10.5. The van der Waals surface area contributed by atoms with E-state index in [1.807, 2.05) is 28.9 Å². The van der Waals surface area contributed by atoms with Crippen LogP contribution in [0.5, 0.6) is 0 Å². The molecule has 0 atom stereocenters. The average molecular weight is 233 g/mol. The van der Waals surface area contributed by atoms with E-state index in [9.17, 15) is 0 Å². The lowest BCUT2D eigenvalue weighted by Gasteiger charge is -1.91. The van der Waals surface area contributed by atoms with Crippen molar-refractivity contribution in [1.82, 2.24) is 9.38 Å². The predicted molar refractivity (Wildman–Crippen MR) is 50.1 cm³/mol. The molecule has 0 saturated carbocycles. The molecule has 0 aliphatic heterocycles. The third kappa shape index (κ3) is 1.54. The molecule has 0 amide bonds. The van der Waals surface area contributed by atoms with Crippen molar-refractivity contribution >= 4 is 34.0 Å². The summed E-state index contributed by atoms with van der Waals surface area (Å²) in [5, 5.41) is 0. The fourth-order valence-corrected chi connectivity index (χ4v) is 1.21. The number of nitrogens with zero attached hydrogens (tertiary/aromatic N) is 2. The van der Waals surface area contributed by atoms with Crippen LogP contribution in [-0.4, -0.2) is 9.38 Å². The van der Waals surface area contributed by atoms with Crippen molar-refractivity contribution in [1.29, 1.82) is 0 Å². The molecule has 4 heteroatoms. The van der Waals surface area contributed by atoms with E-state index in [4.69, 9.17) is 0 Å². The number of hydrogen-bond donors (Lipinski definition) is 0. The van der Waals surface area contributed by atoms with Crippen molar-refractivity contribution < 1.29 is 0 Å². The second kappa shape index (κ2) is 3.24. The zero-order valence-electron chi connectivity index (χ0n) is 5.57. The number of imidazole rings is 1. The van der Waals surface area contributed by atoms with E-state index in [0.717, 1.165) is 10.1 Å². The Labute approximate surface area is 78.8 Å². The topological polar surface area (TPSA) is 17.3 Å². The van der Waals surface area contributed by atoms with Crippen LogP contribution >= 0.6 is 28.3 Å². The van der Waals surface area contributed by atoms with Gasteiger partial charge in [0.05, 0.1) is 0 Å². The molecular formula is C7H6BrClN2. The number of pyridine rings is 1. The van der Waals surface area contributed by atoms with Gasteiger partial charge >= 0.3 is 0 Å². The molecule has 2 aromatic rings. The maximum absolute atomic E-state index is 4.11. The number of rotatable bonds is 0. The van der Waals surface area contributed by atoms with Gasteiger partial charge in [-0.1, -0.05) is 15.9 Å². The molecule has 0 spiro atoms. The van der Waals surface area contributed by atoms with Crippen molar-refractivity contribution in [2.45, 2.75) is 0 Å². The minimum absolute atomic E-state index is 0. The van der Waals surface area contributed by atoms with E-state index >= 15 is 0 Å². The average Bonchev–Trinajstić information content (AvgIpc) is 2.33. The van der Waals surface area contributed by atoms with Gasteiger partial charge in [-0.25, -0.2) is 4.98 Å². The summed E-state index contributed by atoms with van der Waals surface area (Å²) in [6.07, 6.45) is 5.66. The quantitative estimate of drug-likeness (QED) is 0.683. The van der Waals surface area contributed by atoms with Gasteiger partial charge in [-0.15, -0.1) is 12.4 Å². The molecule has 2 rings (SSSR count). The molecule has 2 aromatic heterocycles. The van der Waals surface area contributed by atoms with Gasteiger partial charge in [0.25, 0.3) is 0 Å². The van der Waals surface area contributed by atoms with E-state index in [0.29, 0.717) is 0 Å². The van der Waals surface area contributed by atoms with Crippen LogP contribution in [0.15, 0.2) is 35.2 Å². The number of aromatic nitrogens is 2. The summed E-state index contributed by atoms with van der Waals surface area (Å²) < 4.78 is 3.02. The molecule has 0 bridgehead atoms. The van der Waals surface area contributed by atoms with Gasteiger partial charge < -0.3 is 4.40 Å². The van der Waals surface area contributed by atoms with Gasteiger partial charge in [0, 0.05) is 23.1 Å². The Kier molecular flexibility index (Phi) is 2.52. The van der Waals surface area contributed by atoms with Gasteiger partial charge in [-0.3, -0.25) is 0 Å². The molecule has 0 aliphatic carbocycles. The Morgan fingerprint density at radius 2 is 2.18 bits per heavy atom. The Morgan fingerprint density at radius 1 is 1.36 bits per heavy atom. The molecule has 0 fully saturated rings. The summed E-state index contributed by atoms with van der Waals surface area (Å²) in [5.74, 6) is 0.